The fraction of sp³-hybridized carbons (Fsp3) is 0.286. The van der Waals surface area contributed by atoms with Crippen LogP contribution in [0.15, 0.2) is 18.3 Å². The van der Waals surface area contributed by atoms with Crippen LogP contribution in [0.4, 0.5) is 5.95 Å². The first kappa shape index (κ1) is 11.0. The van der Waals surface area contributed by atoms with Gasteiger partial charge in [-0.3, -0.25) is 0 Å². The average molecular weight is 241 g/mol. The van der Waals surface area contributed by atoms with Crippen molar-refractivity contribution in [2.75, 3.05) is 12.3 Å². The summed E-state index contributed by atoms with van der Waals surface area (Å²) in [5, 5.41) is 0. The molecular formula is C14H15N3O. The van der Waals surface area contributed by atoms with Gasteiger partial charge in [0.2, 0.25) is 5.95 Å². The van der Waals surface area contributed by atoms with Crippen LogP contribution in [0.5, 0.6) is 5.75 Å². The van der Waals surface area contributed by atoms with Crippen LogP contribution in [0.3, 0.4) is 0 Å². The molecule has 0 atom stereocenters. The molecule has 1 aliphatic rings. The van der Waals surface area contributed by atoms with E-state index in [-0.39, 0.29) is 0 Å². The molecule has 0 unspecified atom stereocenters. The number of aromatic nitrogens is 2. The second-order valence-corrected chi connectivity index (χ2v) is 4.63. The lowest BCUT2D eigenvalue weighted by Crippen LogP contribution is -2.01. The lowest BCUT2D eigenvalue weighted by molar-refractivity contribution is 0.326. The Kier molecular flexibility index (Phi) is 2.44. The van der Waals surface area contributed by atoms with Gasteiger partial charge in [-0.15, -0.1) is 0 Å². The van der Waals surface area contributed by atoms with E-state index in [1.165, 1.54) is 11.1 Å². The molecule has 3 rings (SSSR count). The molecule has 2 N–H and O–H groups in total. The van der Waals surface area contributed by atoms with Crippen LogP contribution in [0.1, 0.15) is 16.7 Å². The number of ether oxygens (including phenoxy) is 1. The maximum Gasteiger partial charge on any atom is 0.220 e. The third-order valence-electron chi connectivity index (χ3n) is 3.36. The SMILES string of the molecule is Cc1cc2c(cc1C)-c1nc(N)ncc1CCO2. The minimum atomic E-state index is 0.305. The number of aryl methyl sites for hydroxylation is 2. The Bertz CT molecular complexity index is 623. The van der Waals surface area contributed by atoms with Crippen molar-refractivity contribution in [2.45, 2.75) is 20.3 Å². The molecule has 0 bridgehead atoms. The van der Waals surface area contributed by atoms with Gasteiger partial charge in [0.25, 0.3) is 0 Å². The molecular weight excluding hydrogens is 226 g/mol. The van der Waals surface area contributed by atoms with Crippen molar-refractivity contribution in [1.29, 1.82) is 0 Å². The van der Waals surface area contributed by atoms with E-state index in [1.54, 1.807) is 6.20 Å². The smallest absolute Gasteiger partial charge is 0.220 e. The Morgan fingerprint density at radius 2 is 2.00 bits per heavy atom. The maximum absolute atomic E-state index is 5.80. The van der Waals surface area contributed by atoms with E-state index < -0.39 is 0 Å². The quantitative estimate of drug-likeness (QED) is 0.768. The van der Waals surface area contributed by atoms with Crippen molar-refractivity contribution in [3.05, 3.63) is 35.0 Å². The van der Waals surface area contributed by atoms with Crippen LogP contribution in [0.25, 0.3) is 11.3 Å². The number of hydrogen-bond acceptors (Lipinski definition) is 4. The molecule has 1 aliphatic heterocycles. The molecule has 1 aromatic carbocycles. The lowest BCUT2D eigenvalue weighted by Gasteiger charge is -2.11. The van der Waals surface area contributed by atoms with Crippen LogP contribution in [-0.2, 0) is 6.42 Å². The van der Waals surface area contributed by atoms with Gasteiger partial charge in [0, 0.05) is 23.7 Å². The summed E-state index contributed by atoms with van der Waals surface area (Å²) in [6.45, 7) is 4.82. The first-order valence-corrected chi connectivity index (χ1v) is 6.01. The summed E-state index contributed by atoms with van der Waals surface area (Å²) in [7, 11) is 0. The molecule has 1 aromatic heterocycles. The van der Waals surface area contributed by atoms with Crippen LogP contribution >= 0.6 is 0 Å². The summed E-state index contributed by atoms with van der Waals surface area (Å²) in [6.07, 6.45) is 2.60. The van der Waals surface area contributed by atoms with Crippen molar-refractivity contribution in [1.82, 2.24) is 9.97 Å². The first-order chi connectivity index (χ1) is 8.65. The summed E-state index contributed by atoms with van der Waals surface area (Å²) < 4.78 is 5.80. The minimum Gasteiger partial charge on any atom is -0.493 e. The maximum atomic E-state index is 5.80. The molecule has 18 heavy (non-hydrogen) atoms. The largest absolute Gasteiger partial charge is 0.493 e. The lowest BCUT2D eigenvalue weighted by atomic mass is 10.0. The van der Waals surface area contributed by atoms with E-state index in [1.807, 2.05) is 0 Å². The molecule has 92 valence electrons. The highest BCUT2D eigenvalue weighted by atomic mass is 16.5. The van der Waals surface area contributed by atoms with Crippen molar-refractivity contribution in [3.63, 3.8) is 0 Å². The molecule has 0 saturated carbocycles. The predicted molar refractivity (Wildman–Crippen MR) is 70.6 cm³/mol. The van der Waals surface area contributed by atoms with Gasteiger partial charge in [0.05, 0.1) is 12.3 Å². The number of rotatable bonds is 0. The molecule has 0 amide bonds. The van der Waals surface area contributed by atoms with E-state index in [0.29, 0.717) is 12.6 Å². The molecule has 4 nitrogen and oxygen atoms in total. The Morgan fingerprint density at radius 3 is 2.83 bits per heavy atom. The highest BCUT2D eigenvalue weighted by Crippen LogP contribution is 2.35. The zero-order valence-corrected chi connectivity index (χ0v) is 10.5. The third kappa shape index (κ3) is 1.70. The van der Waals surface area contributed by atoms with Gasteiger partial charge in [0.15, 0.2) is 0 Å². The molecule has 0 aliphatic carbocycles. The molecule has 0 spiro atoms. The van der Waals surface area contributed by atoms with Crippen LogP contribution in [0, 0.1) is 13.8 Å². The Labute approximate surface area is 106 Å². The average Bonchev–Trinajstić information content (AvgIpc) is 2.50. The highest BCUT2D eigenvalue weighted by molar-refractivity contribution is 5.72. The topological polar surface area (TPSA) is 61.0 Å². The Morgan fingerprint density at radius 1 is 1.22 bits per heavy atom. The molecule has 2 aromatic rings. The van der Waals surface area contributed by atoms with E-state index >= 15 is 0 Å². The zero-order valence-electron chi connectivity index (χ0n) is 10.5. The third-order valence-corrected chi connectivity index (χ3v) is 3.36. The van der Waals surface area contributed by atoms with Gasteiger partial charge < -0.3 is 10.5 Å². The number of hydrogen-bond donors (Lipinski definition) is 1. The molecule has 2 heterocycles. The molecule has 0 fully saturated rings. The van der Waals surface area contributed by atoms with E-state index in [4.69, 9.17) is 10.5 Å². The van der Waals surface area contributed by atoms with Crippen LogP contribution in [-0.4, -0.2) is 16.6 Å². The first-order valence-electron chi connectivity index (χ1n) is 6.01. The fourth-order valence-electron chi connectivity index (χ4n) is 2.20. The number of nitrogens with zero attached hydrogens (tertiary/aromatic N) is 2. The van der Waals surface area contributed by atoms with Crippen LogP contribution < -0.4 is 10.5 Å². The van der Waals surface area contributed by atoms with E-state index in [2.05, 4.69) is 35.9 Å². The predicted octanol–water partition coefficient (Wildman–Crippen LogP) is 2.28. The zero-order chi connectivity index (χ0) is 12.7. The standard InChI is InChI=1S/C14H15N3O/c1-8-5-11-12(6-9(8)2)18-4-3-10-7-16-14(15)17-13(10)11/h5-7H,3-4H2,1-2H3,(H2,15,16,17). The van der Waals surface area contributed by atoms with Gasteiger partial charge in [-0.25, -0.2) is 9.97 Å². The van der Waals surface area contributed by atoms with Gasteiger partial charge in [-0.05, 0) is 37.1 Å². The number of anilines is 1. The monoisotopic (exact) mass is 241 g/mol. The van der Waals surface area contributed by atoms with Crippen LogP contribution in [0.2, 0.25) is 0 Å². The van der Waals surface area contributed by atoms with Crippen molar-refractivity contribution < 1.29 is 4.74 Å². The Hall–Kier alpha value is -2.10. The summed E-state index contributed by atoms with van der Waals surface area (Å²) in [5.41, 5.74) is 11.1. The van der Waals surface area contributed by atoms with Gasteiger partial charge in [-0.2, -0.15) is 0 Å². The second-order valence-electron chi connectivity index (χ2n) is 4.63. The van der Waals surface area contributed by atoms with Gasteiger partial charge in [-0.1, -0.05) is 0 Å². The fourth-order valence-corrected chi connectivity index (χ4v) is 2.20. The molecule has 4 heteroatoms. The molecule has 0 saturated heterocycles. The second kappa shape index (κ2) is 3.98. The molecule has 0 radical (unpaired) electrons. The summed E-state index contributed by atoms with van der Waals surface area (Å²) in [6, 6.07) is 4.18. The highest BCUT2D eigenvalue weighted by Gasteiger charge is 2.18. The minimum absolute atomic E-state index is 0.305. The summed E-state index contributed by atoms with van der Waals surface area (Å²) in [4.78, 5) is 8.43. The van der Waals surface area contributed by atoms with Crippen molar-refractivity contribution in [2.24, 2.45) is 0 Å². The van der Waals surface area contributed by atoms with Crippen molar-refractivity contribution >= 4 is 5.95 Å². The number of nitrogen functional groups attached to an aromatic ring is 1. The van der Waals surface area contributed by atoms with E-state index in [9.17, 15) is 0 Å². The van der Waals surface area contributed by atoms with Crippen molar-refractivity contribution in [3.8, 4) is 17.0 Å². The summed E-state index contributed by atoms with van der Waals surface area (Å²) >= 11 is 0. The van der Waals surface area contributed by atoms with Gasteiger partial charge in [0.1, 0.15) is 5.75 Å². The Balaban J connectivity index is 2.29. The normalized spacial score (nSPS) is 13.2. The van der Waals surface area contributed by atoms with Gasteiger partial charge >= 0.3 is 0 Å². The number of fused-ring (bicyclic) bond motifs is 3. The number of nitrogens with two attached hydrogens (primary N) is 1. The van der Waals surface area contributed by atoms with E-state index in [0.717, 1.165) is 29.0 Å². The number of benzene rings is 1. The summed E-state index contributed by atoms with van der Waals surface area (Å²) in [5.74, 6) is 1.19.